The number of nitrogens with zero attached hydrogens (tertiary/aromatic N) is 2. The number of benzene rings is 1. The van der Waals surface area contributed by atoms with E-state index in [2.05, 4.69) is 29.1 Å². The maximum absolute atomic E-state index is 12.8. The third-order valence-corrected chi connectivity index (χ3v) is 5.88. The highest BCUT2D eigenvalue weighted by Gasteiger charge is 2.39. The summed E-state index contributed by atoms with van der Waals surface area (Å²) in [6.45, 7) is 9.77. The van der Waals surface area contributed by atoms with Gasteiger partial charge in [0.05, 0.1) is 10.2 Å². The van der Waals surface area contributed by atoms with Crippen molar-refractivity contribution in [3.8, 4) is 5.75 Å². The van der Waals surface area contributed by atoms with Gasteiger partial charge in [0.1, 0.15) is 5.75 Å². The Kier molecular flexibility index (Phi) is 6.92. The summed E-state index contributed by atoms with van der Waals surface area (Å²) in [6.07, 6.45) is 5.65. The van der Waals surface area contributed by atoms with Gasteiger partial charge in [-0.1, -0.05) is 12.2 Å². The van der Waals surface area contributed by atoms with Crippen LogP contribution in [0.1, 0.15) is 32.6 Å². The maximum Gasteiger partial charge on any atom is 0.263 e. The zero-order valence-corrected chi connectivity index (χ0v) is 18.6. The van der Waals surface area contributed by atoms with E-state index in [0.717, 1.165) is 12.8 Å². The first-order valence-corrected chi connectivity index (χ1v) is 10.8. The van der Waals surface area contributed by atoms with Crippen molar-refractivity contribution >= 4 is 39.3 Å². The van der Waals surface area contributed by atoms with Crippen molar-refractivity contribution in [1.82, 2.24) is 4.90 Å². The van der Waals surface area contributed by atoms with Crippen LogP contribution < -0.4 is 9.64 Å². The number of carbonyl (C=O) groups is 3. The van der Waals surface area contributed by atoms with E-state index in [1.807, 2.05) is 0 Å². The van der Waals surface area contributed by atoms with E-state index in [4.69, 9.17) is 4.74 Å². The summed E-state index contributed by atoms with van der Waals surface area (Å²) in [6, 6.07) is 5.03. The highest BCUT2D eigenvalue weighted by molar-refractivity contribution is 9.10. The molecule has 0 saturated heterocycles. The van der Waals surface area contributed by atoms with Crippen LogP contribution in [0.15, 0.2) is 59.1 Å². The minimum absolute atomic E-state index is 0.211. The molecule has 158 valence electrons. The second-order valence-electron chi connectivity index (χ2n) is 7.31. The van der Waals surface area contributed by atoms with Crippen molar-refractivity contribution in [3.05, 3.63) is 59.1 Å². The zero-order valence-electron chi connectivity index (χ0n) is 17.0. The number of ether oxygens (including phenoxy) is 1. The number of hydrogen-bond acceptors (Lipinski definition) is 4. The largest absolute Gasteiger partial charge is 0.480 e. The van der Waals surface area contributed by atoms with E-state index in [-0.39, 0.29) is 17.7 Å². The fraction of sp³-hybridized carbons (Fsp3) is 0.348. The summed E-state index contributed by atoms with van der Waals surface area (Å²) in [7, 11) is 0. The van der Waals surface area contributed by atoms with E-state index in [1.165, 1.54) is 4.90 Å². The third-order valence-electron chi connectivity index (χ3n) is 5.23. The lowest BCUT2D eigenvalue weighted by molar-refractivity contribution is -0.137. The van der Waals surface area contributed by atoms with Crippen LogP contribution in [0.3, 0.4) is 0 Å². The molecule has 3 amide bonds. The molecule has 1 aromatic rings. The molecule has 0 radical (unpaired) electrons. The van der Waals surface area contributed by atoms with Gasteiger partial charge in [0.15, 0.2) is 6.10 Å². The maximum atomic E-state index is 12.8. The Morgan fingerprint density at radius 1 is 1.17 bits per heavy atom. The van der Waals surface area contributed by atoms with Crippen molar-refractivity contribution in [1.29, 1.82) is 0 Å². The standard InChI is InChI=1S/C23H25BrN2O4/c1-4-12-25(13-5-2)21(27)15(3)30-20-14-16(10-11-19(20)24)26-22(28)17-8-6-7-9-18(17)23(26)29/h4-5,10-11,14-15H,1-2,6-9,12-13H2,3H3. The number of hydrogen-bond donors (Lipinski definition) is 0. The molecule has 0 saturated carbocycles. The van der Waals surface area contributed by atoms with Crippen molar-refractivity contribution in [2.24, 2.45) is 0 Å². The van der Waals surface area contributed by atoms with E-state index >= 15 is 0 Å². The van der Waals surface area contributed by atoms with Crippen LogP contribution in [0.4, 0.5) is 5.69 Å². The van der Waals surface area contributed by atoms with Crippen LogP contribution in [0.25, 0.3) is 0 Å². The van der Waals surface area contributed by atoms with Gasteiger partial charge >= 0.3 is 0 Å². The summed E-state index contributed by atoms with van der Waals surface area (Å²) in [5.41, 5.74) is 1.70. The molecule has 1 aromatic carbocycles. The average Bonchev–Trinajstić information content (AvgIpc) is 2.99. The fourth-order valence-electron chi connectivity index (χ4n) is 3.76. The van der Waals surface area contributed by atoms with Crippen LogP contribution in [-0.4, -0.2) is 41.8 Å². The van der Waals surface area contributed by atoms with Crippen LogP contribution in [-0.2, 0) is 14.4 Å². The molecule has 3 rings (SSSR count). The Bertz CT molecular complexity index is 899. The van der Waals surface area contributed by atoms with Gasteiger partial charge in [-0.2, -0.15) is 0 Å². The Labute approximate surface area is 185 Å². The van der Waals surface area contributed by atoms with Crippen molar-refractivity contribution in [3.63, 3.8) is 0 Å². The molecular formula is C23H25BrN2O4. The van der Waals surface area contributed by atoms with Crippen LogP contribution in [0.2, 0.25) is 0 Å². The molecule has 0 N–H and O–H groups in total. The lowest BCUT2D eigenvalue weighted by Gasteiger charge is -2.24. The molecule has 1 unspecified atom stereocenters. The minimum atomic E-state index is -0.771. The van der Waals surface area contributed by atoms with Gasteiger partial charge < -0.3 is 9.64 Å². The quantitative estimate of drug-likeness (QED) is 0.420. The highest BCUT2D eigenvalue weighted by atomic mass is 79.9. The van der Waals surface area contributed by atoms with E-state index in [9.17, 15) is 14.4 Å². The number of imide groups is 1. The summed E-state index contributed by atoms with van der Waals surface area (Å²) >= 11 is 3.43. The second kappa shape index (κ2) is 9.43. The summed E-state index contributed by atoms with van der Waals surface area (Å²) < 4.78 is 6.53. The third kappa shape index (κ3) is 4.26. The van der Waals surface area contributed by atoms with Gasteiger partial charge in [0.25, 0.3) is 17.7 Å². The number of rotatable bonds is 8. The van der Waals surface area contributed by atoms with Gasteiger partial charge in [0, 0.05) is 30.3 Å². The molecule has 30 heavy (non-hydrogen) atoms. The minimum Gasteiger partial charge on any atom is -0.480 e. The van der Waals surface area contributed by atoms with Gasteiger partial charge in [0.2, 0.25) is 0 Å². The Morgan fingerprint density at radius 3 is 2.27 bits per heavy atom. The molecule has 0 spiro atoms. The zero-order chi connectivity index (χ0) is 21.8. The van der Waals surface area contributed by atoms with E-state index in [0.29, 0.717) is 53.0 Å². The lowest BCUT2D eigenvalue weighted by atomic mass is 9.93. The van der Waals surface area contributed by atoms with Crippen LogP contribution >= 0.6 is 15.9 Å². The van der Waals surface area contributed by atoms with Gasteiger partial charge in [-0.15, -0.1) is 13.2 Å². The van der Waals surface area contributed by atoms with Crippen molar-refractivity contribution < 1.29 is 19.1 Å². The number of halogens is 1. The van der Waals surface area contributed by atoms with Crippen molar-refractivity contribution in [2.75, 3.05) is 18.0 Å². The predicted molar refractivity (Wildman–Crippen MR) is 119 cm³/mol. The fourth-order valence-corrected chi connectivity index (χ4v) is 4.10. The smallest absolute Gasteiger partial charge is 0.263 e. The van der Waals surface area contributed by atoms with E-state index < -0.39 is 6.10 Å². The molecule has 1 aliphatic carbocycles. The molecular weight excluding hydrogens is 448 g/mol. The molecule has 7 heteroatoms. The summed E-state index contributed by atoms with van der Waals surface area (Å²) in [5, 5.41) is 0. The monoisotopic (exact) mass is 472 g/mol. The molecule has 6 nitrogen and oxygen atoms in total. The molecule has 1 aliphatic heterocycles. The molecule has 1 heterocycles. The summed E-state index contributed by atoms with van der Waals surface area (Å²) in [4.78, 5) is 41.2. The number of anilines is 1. The molecule has 0 bridgehead atoms. The SMILES string of the molecule is C=CCN(CC=C)C(=O)C(C)Oc1cc(N2C(=O)C3=C(CCCC3)C2=O)ccc1Br. The molecule has 2 aliphatic rings. The van der Waals surface area contributed by atoms with Crippen LogP contribution in [0.5, 0.6) is 5.75 Å². The average molecular weight is 473 g/mol. The van der Waals surface area contributed by atoms with Crippen LogP contribution in [0, 0.1) is 0 Å². The van der Waals surface area contributed by atoms with E-state index in [1.54, 1.807) is 42.2 Å². The Balaban J connectivity index is 1.81. The second-order valence-corrected chi connectivity index (χ2v) is 8.16. The number of amides is 3. The van der Waals surface area contributed by atoms with Crippen molar-refractivity contribution in [2.45, 2.75) is 38.7 Å². The molecule has 0 fully saturated rings. The first kappa shape index (κ1) is 22.0. The first-order chi connectivity index (χ1) is 14.4. The Hall–Kier alpha value is -2.67. The summed E-state index contributed by atoms with van der Waals surface area (Å²) in [5.74, 6) is -0.334. The molecule has 1 atom stereocenters. The van der Waals surface area contributed by atoms with Gasteiger partial charge in [-0.3, -0.25) is 14.4 Å². The highest BCUT2D eigenvalue weighted by Crippen LogP contribution is 2.38. The topological polar surface area (TPSA) is 66.9 Å². The lowest BCUT2D eigenvalue weighted by Crippen LogP contribution is -2.40. The first-order valence-electron chi connectivity index (χ1n) is 9.96. The molecule has 0 aromatic heterocycles. The number of carbonyl (C=O) groups excluding carboxylic acids is 3. The predicted octanol–water partition coefficient (Wildman–Crippen LogP) is 4.16. The van der Waals surface area contributed by atoms with Gasteiger partial charge in [-0.05, 0) is 60.7 Å². The normalized spacial score (nSPS) is 16.9. The Morgan fingerprint density at radius 2 is 1.73 bits per heavy atom. The van der Waals surface area contributed by atoms with Gasteiger partial charge in [-0.25, -0.2) is 4.90 Å².